The zero-order valence-corrected chi connectivity index (χ0v) is 6.29. The van der Waals surface area contributed by atoms with Crippen molar-refractivity contribution in [2.75, 3.05) is 6.61 Å². The molecule has 0 bridgehead atoms. The van der Waals surface area contributed by atoms with E-state index in [0.717, 1.165) is 12.8 Å². The fourth-order valence-corrected chi connectivity index (χ4v) is 1.04. The molecule has 0 aliphatic heterocycles. The van der Waals surface area contributed by atoms with E-state index in [4.69, 9.17) is 10.2 Å². The maximum atomic E-state index is 10.6. The van der Waals surface area contributed by atoms with E-state index in [9.17, 15) is 4.79 Å². The van der Waals surface area contributed by atoms with Gasteiger partial charge in [-0.2, -0.15) is 0 Å². The minimum absolute atomic E-state index is 0.00427. The summed E-state index contributed by atoms with van der Waals surface area (Å²) in [5, 5.41) is 17.1. The van der Waals surface area contributed by atoms with Crippen molar-refractivity contribution in [3.05, 3.63) is 12.2 Å². The van der Waals surface area contributed by atoms with Crippen LogP contribution in [0.25, 0.3) is 0 Å². The summed E-state index contributed by atoms with van der Waals surface area (Å²) in [6.07, 6.45) is 5.43. The van der Waals surface area contributed by atoms with Gasteiger partial charge in [0.1, 0.15) is 0 Å². The fourth-order valence-electron chi connectivity index (χ4n) is 1.04. The van der Waals surface area contributed by atoms with Gasteiger partial charge in [0.25, 0.3) is 0 Å². The van der Waals surface area contributed by atoms with E-state index < -0.39 is 11.4 Å². The van der Waals surface area contributed by atoms with E-state index in [1.807, 2.05) is 0 Å². The first-order valence-electron chi connectivity index (χ1n) is 3.70. The quantitative estimate of drug-likeness (QED) is 0.591. The molecular formula is C8H12O3. The van der Waals surface area contributed by atoms with E-state index in [1.165, 1.54) is 0 Å². The fraction of sp³-hybridized carbons (Fsp3) is 0.625. The van der Waals surface area contributed by atoms with Crippen LogP contribution in [0.1, 0.15) is 19.3 Å². The van der Waals surface area contributed by atoms with Crippen molar-refractivity contribution in [1.82, 2.24) is 0 Å². The lowest BCUT2D eigenvalue weighted by Gasteiger charge is -2.03. The van der Waals surface area contributed by atoms with Crippen LogP contribution in [0.4, 0.5) is 0 Å². The molecule has 0 aromatic carbocycles. The predicted octanol–water partition coefficient (Wildman–Crippen LogP) is 0.790. The van der Waals surface area contributed by atoms with Crippen molar-refractivity contribution < 1.29 is 15.0 Å². The van der Waals surface area contributed by atoms with Crippen molar-refractivity contribution in [2.45, 2.75) is 19.3 Å². The Labute approximate surface area is 65.3 Å². The molecule has 0 aromatic rings. The Balaban J connectivity index is 2.36. The zero-order chi connectivity index (χ0) is 8.32. The minimum Gasteiger partial charge on any atom is -0.481 e. The van der Waals surface area contributed by atoms with Gasteiger partial charge in [0.2, 0.25) is 0 Å². The summed E-state index contributed by atoms with van der Waals surface area (Å²) in [6, 6.07) is 0. The molecule has 3 heteroatoms. The van der Waals surface area contributed by atoms with E-state index in [0.29, 0.717) is 6.42 Å². The molecule has 1 saturated carbocycles. The second kappa shape index (κ2) is 3.05. The summed E-state index contributed by atoms with van der Waals surface area (Å²) in [5.41, 5.74) is -0.480. The molecule has 0 aromatic heterocycles. The number of carboxylic acids is 1. The van der Waals surface area contributed by atoms with Crippen LogP contribution < -0.4 is 0 Å². The van der Waals surface area contributed by atoms with E-state index in [1.54, 1.807) is 12.2 Å². The van der Waals surface area contributed by atoms with Gasteiger partial charge in [-0.05, 0) is 19.3 Å². The van der Waals surface area contributed by atoms with Gasteiger partial charge in [-0.3, -0.25) is 4.79 Å². The van der Waals surface area contributed by atoms with Gasteiger partial charge in [-0.15, -0.1) is 0 Å². The number of carboxylic acid groups (broad SMARTS) is 1. The van der Waals surface area contributed by atoms with Crippen LogP contribution in [-0.4, -0.2) is 22.8 Å². The minimum atomic E-state index is -0.708. The van der Waals surface area contributed by atoms with E-state index >= 15 is 0 Å². The third kappa shape index (κ3) is 1.80. The second-order valence-electron chi connectivity index (χ2n) is 2.94. The normalized spacial score (nSPS) is 20.5. The molecule has 0 radical (unpaired) electrons. The van der Waals surface area contributed by atoms with Crippen LogP contribution in [0.5, 0.6) is 0 Å². The number of hydrogen-bond acceptors (Lipinski definition) is 2. The molecular weight excluding hydrogens is 144 g/mol. The molecule has 0 atom stereocenters. The summed E-state index contributed by atoms with van der Waals surface area (Å²) >= 11 is 0. The van der Waals surface area contributed by atoms with Crippen LogP contribution in [0, 0.1) is 5.41 Å². The summed E-state index contributed by atoms with van der Waals surface area (Å²) in [4.78, 5) is 10.6. The Morgan fingerprint density at radius 1 is 1.45 bits per heavy atom. The second-order valence-corrected chi connectivity index (χ2v) is 2.94. The lowest BCUT2D eigenvalue weighted by molar-refractivity contribution is -0.143. The van der Waals surface area contributed by atoms with Crippen LogP contribution >= 0.6 is 0 Å². The van der Waals surface area contributed by atoms with E-state index in [2.05, 4.69) is 0 Å². The number of aliphatic carboxylic acids is 1. The molecule has 0 spiro atoms. The molecule has 0 heterocycles. The average Bonchev–Trinajstić information content (AvgIpc) is 2.70. The first-order chi connectivity index (χ1) is 5.21. The summed E-state index contributed by atoms with van der Waals surface area (Å²) in [7, 11) is 0. The van der Waals surface area contributed by atoms with Gasteiger partial charge in [0.15, 0.2) is 0 Å². The third-order valence-corrected chi connectivity index (χ3v) is 2.09. The molecule has 1 aliphatic rings. The highest BCUT2D eigenvalue weighted by Gasteiger charge is 2.48. The summed E-state index contributed by atoms with van der Waals surface area (Å²) in [5.74, 6) is -0.708. The van der Waals surface area contributed by atoms with Gasteiger partial charge in [-0.1, -0.05) is 12.2 Å². The number of aliphatic hydroxyl groups excluding tert-OH is 1. The Morgan fingerprint density at radius 3 is 2.45 bits per heavy atom. The van der Waals surface area contributed by atoms with Gasteiger partial charge in [0, 0.05) is 0 Å². The molecule has 0 amide bonds. The number of carbonyl (C=O) groups is 1. The van der Waals surface area contributed by atoms with Gasteiger partial charge < -0.3 is 10.2 Å². The Morgan fingerprint density at radius 2 is 2.09 bits per heavy atom. The molecule has 1 rings (SSSR count). The largest absolute Gasteiger partial charge is 0.481 e. The van der Waals surface area contributed by atoms with Crippen LogP contribution in [0.3, 0.4) is 0 Å². The Kier molecular flexibility index (Phi) is 2.29. The number of allylic oxidation sites excluding steroid dienone is 1. The first-order valence-corrected chi connectivity index (χ1v) is 3.70. The SMILES string of the molecule is O=C(O)C1(CC=CCO)CC1. The molecule has 2 N–H and O–H groups in total. The maximum absolute atomic E-state index is 10.6. The van der Waals surface area contributed by atoms with Crippen molar-refractivity contribution in [1.29, 1.82) is 0 Å². The molecule has 0 unspecified atom stereocenters. The topological polar surface area (TPSA) is 57.5 Å². The Bertz CT molecular complexity index is 180. The van der Waals surface area contributed by atoms with Gasteiger partial charge in [-0.25, -0.2) is 0 Å². The van der Waals surface area contributed by atoms with Crippen LogP contribution in [0.15, 0.2) is 12.2 Å². The molecule has 1 aliphatic carbocycles. The van der Waals surface area contributed by atoms with Crippen molar-refractivity contribution >= 4 is 5.97 Å². The summed E-state index contributed by atoms with van der Waals surface area (Å²) in [6.45, 7) is -0.00427. The molecule has 3 nitrogen and oxygen atoms in total. The van der Waals surface area contributed by atoms with Gasteiger partial charge in [0.05, 0.1) is 12.0 Å². The molecule has 1 fully saturated rings. The standard InChI is InChI=1S/C8H12O3/c9-6-2-1-3-8(4-5-8)7(10)11/h1-2,9H,3-6H2,(H,10,11). The maximum Gasteiger partial charge on any atom is 0.309 e. The van der Waals surface area contributed by atoms with Crippen molar-refractivity contribution in [3.63, 3.8) is 0 Å². The predicted molar refractivity (Wildman–Crippen MR) is 40.1 cm³/mol. The highest BCUT2D eigenvalue weighted by molar-refractivity contribution is 5.77. The van der Waals surface area contributed by atoms with Crippen LogP contribution in [-0.2, 0) is 4.79 Å². The first kappa shape index (κ1) is 8.27. The Hall–Kier alpha value is -0.830. The number of rotatable bonds is 4. The monoisotopic (exact) mass is 156 g/mol. The van der Waals surface area contributed by atoms with E-state index in [-0.39, 0.29) is 6.61 Å². The molecule has 0 saturated heterocycles. The number of aliphatic hydroxyl groups is 1. The highest BCUT2D eigenvalue weighted by atomic mass is 16.4. The summed E-state index contributed by atoms with van der Waals surface area (Å²) < 4.78 is 0. The smallest absolute Gasteiger partial charge is 0.309 e. The average molecular weight is 156 g/mol. The molecule has 62 valence electrons. The lowest BCUT2D eigenvalue weighted by atomic mass is 10.0. The van der Waals surface area contributed by atoms with Gasteiger partial charge >= 0.3 is 5.97 Å². The lowest BCUT2D eigenvalue weighted by Crippen LogP contribution is -2.13. The number of hydrogen-bond donors (Lipinski definition) is 2. The van der Waals surface area contributed by atoms with Crippen molar-refractivity contribution in [2.24, 2.45) is 5.41 Å². The van der Waals surface area contributed by atoms with Crippen molar-refractivity contribution in [3.8, 4) is 0 Å². The third-order valence-electron chi connectivity index (χ3n) is 2.09. The van der Waals surface area contributed by atoms with Crippen LogP contribution in [0.2, 0.25) is 0 Å². The molecule has 11 heavy (non-hydrogen) atoms. The zero-order valence-electron chi connectivity index (χ0n) is 6.29. The highest BCUT2D eigenvalue weighted by Crippen LogP contribution is 2.49.